The van der Waals surface area contributed by atoms with Crippen LogP contribution in [0.1, 0.15) is 47.0 Å². The molecule has 168 valence electrons. The van der Waals surface area contributed by atoms with Gasteiger partial charge >= 0.3 is 6.18 Å². The molecule has 0 aliphatic heterocycles. The summed E-state index contributed by atoms with van der Waals surface area (Å²) in [5.41, 5.74) is -0.316. The van der Waals surface area contributed by atoms with E-state index in [-0.39, 0.29) is 10.7 Å². The summed E-state index contributed by atoms with van der Waals surface area (Å²) >= 11 is 2.53. The fourth-order valence-corrected chi connectivity index (χ4v) is 4.82. The number of carbonyl (C=O) groups is 1. The van der Waals surface area contributed by atoms with Crippen LogP contribution in [0.2, 0.25) is 0 Å². The van der Waals surface area contributed by atoms with Gasteiger partial charge in [-0.15, -0.1) is 21.5 Å². The Balaban J connectivity index is 1.63. The molecule has 3 aromatic heterocycles. The first-order valence-electron chi connectivity index (χ1n) is 9.83. The average Bonchev–Trinajstić information content (AvgIpc) is 3.24. The zero-order valence-electron chi connectivity index (χ0n) is 17.7. The van der Waals surface area contributed by atoms with Crippen LogP contribution in [0.5, 0.6) is 0 Å². The molecule has 0 aromatic carbocycles. The molecule has 3 heterocycles. The minimum atomic E-state index is -4.51. The van der Waals surface area contributed by atoms with Crippen molar-refractivity contribution in [1.82, 2.24) is 25.1 Å². The van der Waals surface area contributed by atoms with Crippen LogP contribution < -0.4 is 5.32 Å². The lowest BCUT2D eigenvalue weighted by Gasteiger charge is -2.11. The highest BCUT2D eigenvalue weighted by Gasteiger charge is 2.33. The third-order valence-electron chi connectivity index (χ3n) is 4.69. The molecule has 3 aromatic rings. The molecule has 11 heteroatoms. The van der Waals surface area contributed by atoms with E-state index in [2.05, 4.69) is 38.9 Å². The summed E-state index contributed by atoms with van der Waals surface area (Å²) in [6.07, 6.45) is -1.20. The summed E-state index contributed by atoms with van der Waals surface area (Å²) in [5.74, 6) is 1.04. The number of nitrogens with zero attached hydrogens (tertiary/aromatic N) is 4. The maximum absolute atomic E-state index is 12.9. The number of carbonyl (C=O) groups excluding carboxylic acids is 1. The van der Waals surface area contributed by atoms with Gasteiger partial charge in [-0.1, -0.05) is 25.6 Å². The van der Waals surface area contributed by atoms with Gasteiger partial charge in [-0.2, -0.15) is 13.2 Å². The molecule has 0 atom stereocenters. The zero-order valence-corrected chi connectivity index (χ0v) is 19.3. The Morgan fingerprint density at radius 1 is 1.29 bits per heavy atom. The van der Waals surface area contributed by atoms with Gasteiger partial charge in [0.05, 0.1) is 4.88 Å². The lowest BCUT2D eigenvalue weighted by Crippen LogP contribution is -2.24. The first-order valence-corrected chi connectivity index (χ1v) is 11.9. The van der Waals surface area contributed by atoms with Gasteiger partial charge in [0, 0.05) is 24.9 Å². The van der Waals surface area contributed by atoms with Crippen molar-refractivity contribution in [2.75, 3.05) is 12.8 Å². The van der Waals surface area contributed by atoms with Gasteiger partial charge in [0.15, 0.2) is 5.16 Å². The zero-order chi connectivity index (χ0) is 22.8. The number of aryl methyl sites for hydroxylation is 2. The van der Waals surface area contributed by atoms with Crippen molar-refractivity contribution in [2.24, 2.45) is 5.92 Å². The molecule has 0 aliphatic rings. The van der Waals surface area contributed by atoms with Crippen molar-refractivity contribution in [3.05, 3.63) is 34.1 Å². The van der Waals surface area contributed by atoms with Crippen LogP contribution in [0, 0.1) is 12.8 Å². The Morgan fingerprint density at radius 3 is 2.68 bits per heavy atom. The number of alkyl halides is 3. The predicted octanol–water partition coefficient (Wildman–Crippen LogP) is 4.96. The van der Waals surface area contributed by atoms with Crippen LogP contribution in [0.15, 0.2) is 17.3 Å². The largest absolute Gasteiger partial charge is 0.433 e. The summed E-state index contributed by atoms with van der Waals surface area (Å²) in [4.78, 5) is 16.9. The maximum atomic E-state index is 12.9. The minimum absolute atomic E-state index is 0.212. The van der Waals surface area contributed by atoms with Gasteiger partial charge < -0.3 is 9.88 Å². The van der Waals surface area contributed by atoms with Crippen LogP contribution in [0.3, 0.4) is 0 Å². The van der Waals surface area contributed by atoms with Crippen molar-refractivity contribution in [3.8, 4) is 0 Å². The number of halogens is 3. The average molecular weight is 472 g/mol. The standard InChI is InChI=1S/C20H24F3N5OS2/c1-11(2)10-28-15(26-27-19(28)30-4)6-5-9-24-17(29)16-12(3)13-7-8-14(20(21,22)23)25-18(13)31-16/h7-8,11H,5-6,9-10H2,1-4H3,(H,24,29). The maximum Gasteiger partial charge on any atom is 0.433 e. The molecule has 1 amide bonds. The van der Waals surface area contributed by atoms with Crippen molar-refractivity contribution in [1.29, 1.82) is 0 Å². The van der Waals surface area contributed by atoms with Crippen LogP contribution in [-0.4, -0.2) is 38.5 Å². The Labute approximate surface area is 186 Å². The number of hydrogen-bond acceptors (Lipinski definition) is 6. The fraction of sp³-hybridized carbons (Fsp3) is 0.500. The molecule has 0 fully saturated rings. The second-order valence-corrected chi connectivity index (χ2v) is 9.34. The fourth-order valence-electron chi connectivity index (χ4n) is 3.21. The highest BCUT2D eigenvalue weighted by atomic mass is 32.2. The van der Waals surface area contributed by atoms with Gasteiger partial charge in [0.25, 0.3) is 5.91 Å². The number of thioether (sulfide) groups is 1. The normalized spacial score (nSPS) is 12.1. The van der Waals surface area contributed by atoms with Gasteiger partial charge in [0.2, 0.25) is 0 Å². The van der Waals surface area contributed by atoms with Crippen molar-refractivity contribution in [3.63, 3.8) is 0 Å². The second-order valence-electron chi connectivity index (χ2n) is 7.57. The molecule has 0 bridgehead atoms. The second kappa shape index (κ2) is 9.56. The van der Waals surface area contributed by atoms with E-state index in [9.17, 15) is 18.0 Å². The van der Waals surface area contributed by atoms with E-state index in [4.69, 9.17) is 0 Å². The number of hydrogen-bond donors (Lipinski definition) is 1. The van der Waals surface area contributed by atoms with Gasteiger partial charge in [-0.3, -0.25) is 4.79 Å². The number of rotatable bonds is 8. The SMILES string of the molecule is CSc1nnc(CCCNC(=O)c2sc3nc(C(F)(F)F)ccc3c2C)n1CC(C)C. The number of nitrogens with one attached hydrogen (secondary N) is 1. The van der Waals surface area contributed by atoms with E-state index in [1.165, 1.54) is 6.07 Å². The van der Waals surface area contributed by atoms with E-state index in [1.807, 2.05) is 6.26 Å². The Hall–Kier alpha value is -2.14. The molecule has 3 rings (SSSR count). The Bertz CT molecular complexity index is 1070. The predicted molar refractivity (Wildman–Crippen MR) is 117 cm³/mol. The highest BCUT2D eigenvalue weighted by Crippen LogP contribution is 2.34. The highest BCUT2D eigenvalue weighted by molar-refractivity contribution is 7.98. The number of amides is 1. The number of aromatic nitrogens is 4. The van der Waals surface area contributed by atoms with Crippen LogP contribution >= 0.6 is 23.1 Å². The monoisotopic (exact) mass is 471 g/mol. The number of thiophene rings is 1. The first-order chi connectivity index (χ1) is 14.6. The third-order valence-corrected chi connectivity index (χ3v) is 6.55. The van der Waals surface area contributed by atoms with E-state index in [0.717, 1.165) is 34.9 Å². The molecular formula is C20H24F3N5OS2. The third kappa shape index (κ3) is 5.38. The van der Waals surface area contributed by atoms with Gasteiger partial charge in [-0.05, 0) is 43.2 Å². The molecule has 1 N–H and O–H groups in total. The van der Waals surface area contributed by atoms with Crippen molar-refractivity contribution >= 4 is 39.2 Å². The smallest absolute Gasteiger partial charge is 0.351 e. The van der Waals surface area contributed by atoms with E-state index >= 15 is 0 Å². The first kappa shape index (κ1) is 23.5. The number of fused-ring (bicyclic) bond motifs is 1. The topological polar surface area (TPSA) is 72.7 Å². The van der Waals surface area contributed by atoms with E-state index in [1.54, 1.807) is 18.7 Å². The summed E-state index contributed by atoms with van der Waals surface area (Å²) in [6, 6.07) is 2.32. The summed E-state index contributed by atoms with van der Waals surface area (Å²) in [5, 5.41) is 12.8. The minimum Gasteiger partial charge on any atom is -0.351 e. The van der Waals surface area contributed by atoms with Crippen LogP contribution in [0.25, 0.3) is 10.2 Å². The summed E-state index contributed by atoms with van der Waals surface area (Å²) in [6.45, 7) is 7.25. The van der Waals surface area contributed by atoms with Crippen molar-refractivity contribution < 1.29 is 18.0 Å². The molecule has 6 nitrogen and oxygen atoms in total. The quantitative estimate of drug-likeness (QED) is 0.372. The molecule has 0 unspecified atom stereocenters. The molecule has 0 spiro atoms. The lowest BCUT2D eigenvalue weighted by atomic mass is 10.1. The molecule has 31 heavy (non-hydrogen) atoms. The molecule has 0 saturated heterocycles. The summed E-state index contributed by atoms with van der Waals surface area (Å²) in [7, 11) is 0. The van der Waals surface area contributed by atoms with E-state index < -0.39 is 11.9 Å². The molecular weight excluding hydrogens is 447 g/mol. The van der Waals surface area contributed by atoms with Gasteiger partial charge in [-0.25, -0.2) is 4.98 Å². The molecule has 0 saturated carbocycles. The van der Waals surface area contributed by atoms with Gasteiger partial charge in [0.1, 0.15) is 16.3 Å². The van der Waals surface area contributed by atoms with Crippen molar-refractivity contribution in [2.45, 2.75) is 51.5 Å². The van der Waals surface area contributed by atoms with E-state index in [0.29, 0.717) is 41.1 Å². The molecule has 0 aliphatic carbocycles. The van der Waals surface area contributed by atoms with Crippen LogP contribution in [-0.2, 0) is 19.1 Å². The van der Waals surface area contributed by atoms with Crippen LogP contribution in [0.4, 0.5) is 13.2 Å². The lowest BCUT2D eigenvalue weighted by molar-refractivity contribution is -0.140. The number of pyridine rings is 1. The molecule has 0 radical (unpaired) electrons. The Kier molecular flexibility index (Phi) is 7.25. The Morgan fingerprint density at radius 2 is 2.03 bits per heavy atom. The summed E-state index contributed by atoms with van der Waals surface area (Å²) < 4.78 is 40.8.